The van der Waals surface area contributed by atoms with Crippen LogP contribution in [0, 0.1) is 5.92 Å². The minimum Gasteiger partial charge on any atom is -0.477 e. The van der Waals surface area contributed by atoms with Gasteiger partial charge in [0.15, 0.2) is 12.7 Å². The van der Waals surface area contributed by atoms with Crippen LogP contribution in [0.15, 0.2) is 18.2 Å². The number of carbonyl (C=O) groups is 2. The van der Waals surface area contributed by atoms with Crippen LogP contribution in [-0.2, 0) is 14.3 Å². The molecule has 1 aromatic carbocycles. The Hall–Kier alpha value is -1.46. The molecule has 0 heterocycles. The van der Waals surface area contributed by atoms with E-state index in [4.69, 9.17) is 32.7 Å². The molecule has 0 saturated heterocycles. The average Bonchev–Trinajstić information content (AvgIpc) is 2.57. The van der Waals surface area contributed by atoms with Gasteiger partial charge < -0.3 is 14.8 Å². The van der Waals surface area contributed by atoms with Crippen molar-refractivity contribution in [1.82, 2.24) is 5.32 Å². The van der Waals surface area contributed by atoms with Crippen molar-refractivity contribution in [2.45, 2.75) is 51.7 Å². The molecule has 0 bridgehead atoms. The fraction of sp³-hybridized carbons (Fsp3) is 0.556. The molecule has 25 heavy (non-hydrogen) atoms. The van der Waals surface area contributed by atoms with E-state index in [9.17, 15) is 9.59 Å². The number of ether oxygens (including phenoxy) is 2. The maximum Gasteiger partial charge on any atom is 0.347 e. The Labute approximate surface area is 158 Å². The van der Waals surface area contributed by atoms with Gasteiger partial charge in [0.05, 0.1) is 5.02 Å². The molecule has 0 spiro atoms. The highest BCUT2D eigenvalue weighted by molar-refractivity contribution is 6.35. The molecule has 0 radical (unpaired) electrons. The summed E-state index contributed by atoms with van der Waals surface area (Å²) >= 11 is 11.8. The lowest BCUT2D eigenvalue weighted by Gasteiger charge is -2.29. The molecule has 0 unspecified atom stereocenters. The van der Waals surface area contributed by atoms with Crippen LogP contribution in [0.25, 0.3) is 0 Å². The summed E-state index contributed by atoms with van der Waals surface area (Å²) in [4.78, 5) is 24.0. The third-order valence-electron chi connectivity index (χ3n) is 4.33. The summed E-state index contributed by atoms with van der Waals surface area (Å²) in [5, 5.41) is 3.71. The van der Waals surface area contributed by atoms with Crippen molar-refractivity contribution >= 4 is 35.1 Å². The monoisotopic (exact) mass is 387 g/mol. The summed E-state index contributed by atoms with van der Waals surface area (Å²) in [5.41, 5.74) is 0. The molecule has 1 saturated carbocycles. The zero-order chi connectivity index (χ0) is 18.4. The summed E-state index contributed by atoms with van der Waals surface area (Å²) in [7, 11) is 0. The predicted octanol–water partition coefficient (Wildman–Crippen LogP) is 4.00. The summed E-state index contributed by atoms with van der Waals surface area (Å²) in [6.07, 6.45) is 3.50. The van der Waals surface area contributed by atoms with Gasteiger partial charge in [0.25, 0.3) is 5.91 Å². The number of amides is 1. The van der Waals surface area contributed by atoms with Crippen LogP contribution in [0.1, 0.15) is 39.5 Å². The van der Waals surface area contributed by atoms with E-state index in [0.29, 0.717) is 21.7 Å². The zero-order valence-corrected chi connectivity index (χ0v) is 15.9. The Bertz CT molecular complexity index is 623. The van der Waals surface area contributed by atoms with Crippen molar-refractivity contribution in [2.75, 3.05) is 6.61 Å². The Balaban J connectivity index is 1.77. The Kier molecular flexibility index (Phi) is 7.38. The number of benzene rings is 1. The second-order valence-corrected chi connectivity index (χ2v) is 7.22. The van der Waals surface area contributed by atoms with E-state index in [1.165, 1.54) is 19.4 Å². The number of rotatable bonds is 6. The lowest BCUT2D eigenvalue weighted by molar-refractivity contribution is -0.155. The van der Waals surface area contributed by atoms with E-state index in [-0.39, 0.29) is 18.6 Å². The lowest BCUT2D eigenvalue weighted by Crippen LogP contribution is -2.43. The molecule has 1 amide bonds. The fourth-order valence-corrected chi connectivity index (χ4v) is 3.30. The molecule has 1 fully saturated rings. The molecule has 1 aromatic rings. The van der Waals surface area contributed by atoms with Gasteiger partial charge >= 0.3 is 5.97 Å². The normalized spacial score (nSPS) is 21.3. The molecule has 1 aliphatic carbocycles. The molecule has 7 heteroatoms. The van der Waals surface area contributed by atoms with E-state index in [2.05, 4.69) is 12.2 Å². The number of halogens is 2. The highest BCUT2D eigenvalue weighted by Gasteiger charge is 2.24. The van der Waals surface area contributed by atoms with Gasteiger partial charge in [-0.1, -0.05) is 43.0 Å². The number of nitrogens with one attached hydrogen (secondary N) is 1. The van der Waals surface area contributed by atoms with E-state index in [1.807, 2.05) is 0 Å². The standard InChI is InChI=1S/C18H23Cl2NO4/c1-11-5-3-4-6-15(11)21-17(22)10-24-18(23)12(2)25-16-8-7-13(19)9-14(16)20/h7-9,11-12,15H,3-6,10H2,1-2H3,(H,21,22)/t11-,12+,15-/m0/s1. The first-order valence-electron chi connectivity index (χ1n) is 8.44. The average molecular weight is 388 g/mol. The van der Waals surface area contributed by atoms with Crippen molar-refractivity contribution in [2.24, 2.45) is 5.92 Å². The fourth-order valence-electron chi connectivity index (χ4n) is 2.84. The van der Waals surface area contributed by atoms with Crippen molar-refractivity contribution in [3.05, 3.63) is 28.2 Å². The largest absolute Gasteiger partial charge is 0.477 e. The van der Waals surface area contributed by atoms with Crippen molar-refractivity contribution in [3.63, 3.8) is 0 Å². The first-order chi connectivity index (χ1) is 11.9. The van der Waals surface area contributed by atoms with Gasteiger partial charge in [0.2, 0.25) is 0 Å². The smallest absolute Gasteiger partial charge is 0.347 e. The molecule has 1 aliphatic rings. The second-order valence-electron chi connectivity index (χ2n) is 6.38. The summed E-state index contributed by atoms with van der Waals surface area (Å²) in [6.45, 7) is 3.35. The number of hydrogen-bond donors (Lipinski definition) is 1. The van der Waals surface area contributed by atoms with Gasteiger partial charge in [-0.15, -0.1) is 0 Å². The third-order valence-corrected chi connectivity index (χ3v) is 4.86. The van der Waals surface area contributed by atoms with Crippen LogP contribution in [0.4, 0.5) is 0 Å². The van der Waals surface area contributed by atoms with Gasteiger partial charge in [-0.2, -0.15) is 0 Å². The zero-order valence-electron chi connectivity index (χ0n) is 14.4. The van der Waals surface area contributed by atoms with Crippen LogP contribution in [-0.4, -0.2) is 30.6 Å². The third kappa shape index (κ3) is 6.08. The van der Waals surface area contributed by atoms with Crippen LogP contribution in [0.3, 0.4) is 0 Å². The summed E-state index contributed by atoms with van der Waals surface area (Å²) in [5.74, 6) is -0.139. The van der Waals surface area contributed by atoms with Gasteiger partial charge in [-0.25, -0.2) is 4.79 Å². The second kappa shape index (κ2) is 9.30. The SMILES string of the molecule is C[C@@H](Oc1ccc(Cl)cc1Cl)C(=O)OCC(=O)N[C@H]1CCCC[C@@H]1C. The van der Waals surface area contributed by atoms with Gasteiger partial charge in [-0.3, -0.25) is 4.79 Å². The van der Waals surface area contributed by atoms with Crippen LogP contribution in [0.5, 0.6) is 5.75 Å². The molecule has 2 rings (SSSR count). The van der Waals surface area contributed by atoms with Crippen molar-refractivity contribution in [3.8, 4) is 5.75 Å². The van der Waals surface area contributed by atoms with Crippen LogP contribution < -0.4 is 10.1 Å². The molecule has 138 valence electrons. The van der Waals surface area contributed by atoms with Crippen LogP contribution >= 0.6 is 23.2 Å². The predicted molar refractivity (Wildman–Crippen MR) is 97.1 cm³/mol. The quantitative estimate of drug-likeness (QED) is 0.749. The summed E-state index contributed by atoms with van der Waals surface area (Å²) in [6, 6.07) is 4.86. The first-order valence-corrected chi connectivity index (χ1v) is 9.20. The number of hydrogen-bond acceptors (Lipinski definition) is 4. The minimum atomic E-state index is -0.889. The van der Waals surface area contributed by atoms with Gasteiger partial charge in [-0.05, 0) is 43.9 Å². The topological polar surface area (TPSA) is 64.6 Å². The van der Waals surface area contributed by atoms with E-state index < -0.39 is 12.1 Å². The van der Waals surface area contributed by atoms with Gasteiger partial charge in [0.1, 0.15) is 5.75 Å². The molecule has 1 N–H and O–H groups in total. The lowest BCUT2D eigenvalue weighted by atomic mass is 9.86. The van der Waals surface area contributed by atoms with Gasteiger partial charge in [0, 0.05) is 11.1 Å². The molecule has 5 nitrogen and oxygen atoms in total. The Morgan fingerprint density at radius 2 is 2.00 bits per heavy atom. The highest BCUT2D eigenvalue weighted by Crippen LogP contribution is 2.28. The summed E-state index contributed by atoms with van der Waals surface area (Å²) < 4.78 is 10.5. The molecule has 0 aliphatic heterocycles. The first kappa shape index (κ1) is 19.9. The molecule has 0 aromatic heterocycles. The maximum absolute atomic E-state index is 12.0. The van der Waals surface area contributed by atoms with E-state index in [0.717, 1.165) is 19.3 Å². The number of carbonyl (C=O) groups excluding carboxylic acids is 2. The molecular weight excluding hydrogens is 365 g/mol. The maximum atomic E-state index is 12.0. The van der Waals surface area contributed by atoms with Crippen LogP contribution in [0.2, 0.25) is 10.0 Å². The van der Waals surface area contributed by atoms with Crippen molar-refractivity contribution in [1.29, 1.82) is 0 Å². The highest BCUT2D eigenvalue weighted by atomic mass is 35.5. The number of esters is 1. The Morgan fingerprint density at radius 1 is 1.28 bits per heavy atom. The van der Waals surface area contributed by atoms with E-state index in [1.54, 1.807) is 12.1 Å². The molecular formula is C18H23Cl2NO4. The van der Waals surface area contributed by atoms with Crippen molar-refractivity contribution < 1.29 is 19.1 Å². The van der Waals surface area contributed by atoms with E-state index >= 15 is 0 Å². The molecule has 3 atom stereocenters. The Morgan fingerprint density at radius 3 is 2.68 bits per heavy atom. The minimum absolute atomic E-state index is 0.154.